The number of hydrogen-bond donors (Lipinski definition) is 2. The van der Waals surface area contributed by atoms with E-state index >= 15 is 0 Å². The number of fused-ring (bicyclic) bond motifs is 1. The minimum atomic E-state index is -0.781. The van der Waals surface area contributed by atoms with Gasteiger partial charge in [0.25, 0.3) is 0 Å². The fourth-order valence-corrected chi connectivity index (χ4v) is 4.02. The Morgan fingerprint density at radius 2 is 2.31 bits per heavy atom. The Bertz CT molecular complexity index is 894. The Labute approximate surface area is 177 Å². The number of halogens is 2. The summed E-state index contributed by atoms with van der Waals surface area (Å²) in [6.07, 6.45) is 4.42. The minimum absolute atomic E-state index is 0.267. The summed E-state index contributed by atoms with van der Waals surface area (Å²) in [5.41, 5.74) is 1.71. The molecule has 2 amide bonds. The maximum Gasteiger partial charge on any atom is 0.328 e. The van der Waals surface area contributed by atoms with Crippen LogP contribution in [0.25, 0.3) is 0 Å². The minimum Gasteiger partial charge on any atom is -0.467 e. The lowest BCUT2D eigenvalue weighted by atomic mass is 9.95. The van der Waals surface area contributed by atoms with Crippen LogP contribution < -0.4 is 5.32 Å². The Morgan fingerprint density at radius 3 is 3.00 bits per heavy atom. The lowest BCUT2D eigenvalue weighted by molar-refractivity contribution is -0.142. The van der Waals surface area contributed by atoms with E-state index in [1.165, 1.54) is 24.4 Å². The van der Waals surface area contributed by atoms with E-state index in [2.05, 4.69) is 15.3 Å². The number of thioether (sulfide) groups is 1. The number of methoxy groups -OCH3 is 1. The number of imidazole rings is 1. The molecular formula is C19H22ClFN4O3S. The van der Waals surface area contributed by atoms with Gasteiger partial charge < -0.3 is 19.9 Å². The summed E-state index contributed by atoms with van der Waals surface area (Å²) in [4.78, 5) is 34.0. The highest BCUT2D eigenvalue weighted by molar-refractivity contribution is 7.98. The zero-order valence-electron chi connectivity index (χ0n) is 16.1. The van der Waals surface area contributed by atoms with Crippen molar-refractivity contribution in [1.29, 1.82) is 0 Å². The maximum absolute atomic E-state index is 14.7. The van der Waals surface area contributed by atoms with E-state index in [9.17, 15) is 14.0 Å². The first-order chi connectivity index (χ1) is 14.0. The van der Waals surface area contributed by atoms with E-state index in [1.807, 2.05) is 6.26 Å². The molecule has 0 saturated carbocycles. The number of carbonyl (C=O) groups excluding carboxylic acids is 2. The SMILES string of the molecule is COC(=O)[C@@H](CCSC)NC(=O)N1CCc2[nH]cnc2[C@H]1c1ccc(Cl)cc1F. The molecule has 0 radical (unpaired) electrons. The maximum atomic E-state index is 14.7. The summed E-state index contributed by atoms with van der Waals surface area (Å²) in [6, 6.07) is 2.35. The Morgan fingerprint density at radius 1 is 1.52 bits per heavy atom. The molecule has 1 aromatic carbocycles. The molecule has 2 aromatic rings. The van der Waals surface area contributed by atoms with Crippen LogP contribution in [0.15, 0.2) is 24.5 Å². The Hall–Kier alpha value is -2.26. The molecular weight excluding hydrogens is 419 g/mol. The standard InChI is InChI=1S/C19H22ClFN4O3S/c1-28-18(26)15(6-8-29-2)24-19(27)25-7-5-14-16(23-10-22-14)17(25)12-4-3-11(20)9-13(12)21/h3-4,9-10,15,17H,5-8H2,1-2H3,(H,22,23)(H,24,27)/t15-,17-/m1/s1. The van der Waals surface area contributed by atoms with Crippen molar-refractivity contribution in [1.82, 2.24) is 20.2 Å². The fraction of sp³-hybridized carbons (Fsp3) is 0.421. The van der Waals surface area contributed by atoms with E-state index in [0.29, 0.717) is 30.8 Å². The van der Waals surface area contributed by atoms with Crippen molar-refractivity contribution in [2.75, 3.05) is 25.7 Å². The number of nitrogens with zero attached hydrogens (tertiary/aromatic N) is 2. The number of hydrogen-bond acceptors (Lipinski definition) is 5. The lowest BCUT2D eigenvalue weighted by Crippen LogP contribution is -2.51. The van der Waals surface area contributed by atoms with Gasteiger partial charge in [-0.25, -0.2) is 19.0 Å². The van der Waals surface area contributed by atoms with E-state index in [-0.39, 0.29) is 10.6 Å². The Balaban J connectivity index is 1.91. The highest BCUT2D eigenvalue weighted by Gasteiger charge is 2.37. The number of carbonyl (C=O) groups is 2. The van der Waals surface area contributed by atoms with Crippen molar-refractivity contribution in [3.8, 4) is 0 Å². The average Bonchev–Trinajstić information content (AvgIpc) is 3.19. The van der Waals surface area contributed by atoms with Crippen LogP contribution >= 0.6 is 23.4 Å². The van der Waals surface area contributed by atoms with Crippen LogP contribution in [0.2, 0.25) is 5.02 Å². The van der Waals surface area contributed by atoms with Gasteiger partial charge in [0, 0.05) is 29.2 Å². The predicted octanol–water partition coefficient (Wildman–Crippen LogP) is 3.15. The average molecular weight is 441 g/mol. The molecule has 0 fully saturated rings. The van der Waals surface area contributed by atoms with Crippen LogP contribution in [0.4, 0.5) is 9.18 Å². The summed E-state index contributed by atoms with van der Waals surface area (Å²) in [5, 5.41) is 3.01. The molecule has 0 bridgehead atoms. The summed E-state index contributed by atoms with van der Waals surface area (Å²) in [5.74, 6) is -0.360. The van der Waals surface area contributed by atoms with Gasteiger partial charge in [-0.15, -0.1) is 0 Å². The summed E-state index contributed by atoms with van der Waals surface area (Å²) in [6.45, 7) is 0.337. The van der Waals surface area contributed by atoms with Crippen LogP contribution in [-0.4, -0.2) is 58.6 Å². The van der Waals surface area contributed by atoms with Crippen molar-refractivity contribution in [3.05, 3.63) is 52.3 Å². The van der Waals surface area contributed by atoms with Gasteiger partial charge >= 0.3 is 12.0 Å². The molecule has 1 aliphatic heterocycles. The molecule has 0 spiro atoms. The number of aromatic nitrogens is 2. The normalized spacial score (nSPS) is 16.8. The van der Waals surface area contributed by atoms with Crippen molar-refractivity contribution >= 4 is 35.4 Å². The first kappa shape index (κ1) is 21.4. The molecule has 2 N–H and O–H groups in total. The topological polar surface area (TPSA) is 87.3 Å². The van der Waals surface area contributed by atoms with Gasteiger partial charge in [0.05, 0.1) is 19.1 Å². The predicted molar refractivity (Wildman–Crippen MR) is 110 cm³/mol. The zero-order valence-corrected chi connectivity index (χ0v) is 17.6. The van der Waals surface area contributed by atoms with Crippen molar-refractivity contribution in [2.24, 2.45) is 0 Å². The molecule has 0 saturated heterocycles. The molecule has 1 aromatic heterocycles. The Kier molecular flexibility index (Phi) is 7.02. The molecule has 10 heteroatoms. The number of benzene rings is 1. The number of H-pyrrole nitrogens is 1. The number of esters is 1. The second kappa shape index (κ2) is 9.49. The first-order valence-electron chi connectivity index (χ1n) is 9.07. The van der Waals surface area contributed by atoms with Gasteiger partial charge in [0.1, 0.15) is 17.9 Å². The van der Waals surface area contributed by atoms with Crippen molar-refractivity contribution in [2.45, 2.75) is 24.9 Å². The number of urea groups is 1. The smallest absolute Gasteiger partial charge is 0.328 e. The van der Waals surface area contributed by atoms with Crippen molar-refractivity contribution < 1.29 is 18.7 Å². The number of nitrogens with one attached hydrogen (secondary N) is 2. The van der Waals surface area contributed by atoms with Gasteiger partial charge in [-0.05, 0) is 30.6 Å². The van der Waals surface area contributed by atoms with Gasteiger partial charge in [0.15, 0.2) is 0 Å². The number of aromatic amines is 1. The molecule has 7 nitrogen and oxygen atoms in total. The largest absolute Gasteiger partial charge is 0.467 e. The van der Waals surface area contributed by atoms with E-state index in [1.54, 1.807) is 23.9 Å². The van der Waals surface area contributed by atoms with Crippen LogP contribution in [0, 0.1) is 5.82 Å². The van der Waals surface area contributed by atoms with E-state index < -0.39 is 29.9 Å². The van der Waals surface area contributed by atoms with Crippen LogP contribution in [0.3, 0.4) is 0 Å². The van der Waals surface area contributed by atoms with E-state index in [4.69, 9.17) is 16.3 Å². The molecule has 0 aliphatic carbocycles. The van der Waals surface area contributed by atoms with Gasteiger partial charge in [0.2, 0.25) is 0 Å². The fourth-order valence-electron chi connectivity index (χ4n) is 3.39. The third-order valence-electron chi connectivity index (χ3n) is 4.84. The summed E-state index contributed by atoms with van der Waals surface area (Å²) < 4.78 is 19.5. The highest BCUT2D eigenvalue weighted by atomic mass is 35.5. The molecule has 3 rings (SSSR count). The number of amides is 2. The van der Waals surface area contributed by atoms with E-state index in [0.717, 1.165) is 5.69 Å². The van der Waals surface area contributed by atoms with Crippen LogP contribution in [0.5, 0.6) is 0 Å². The third kappa shape index (κ3) is 4.67. The number of ether oxygens (including phenoxy) is 1. The molecule has 0 unspecified atom stereocenters. The summed E-state index contributed by atoms with van der Waals surface area (Å²) in [7, 11) is 1.28. The molecule has 156 valence electrons. The third-order valence-corrected chi connectivity index (χ3v) is 5.72. The van der Waals surface area contributed by atoms with Crippen LogP contribution in [-0.2, 0) is 16.0 Å². The van der Waals surface area contributed by atoms with Crippen molar-refractivity contribution in [3.63, 3.8) is 0 Å². The number of rotatable bonds is 6. The second-order valence-corrected chi connectivity index (χ2v) is 8.01. The van der Waals surface area contributed by atoms with Gasteiger partial charge in [-0.2, -0.15) is 11.8 Å². The van der Waals surface area contributed by atoms with Gasteiger partial charge in [-0.1, -0.05) is 17.7 Å². The van der Waals surface area contributed by atoms with Gasteiger partial charge in [-0.3, -0.25) is 0 Å². The molecule has 1 aliphatic rings. The molecule has 2 atom stereocenters. The first-order valence-corrected chi connectivity index (χ1v) is 10.8. The quantitative estimate of drug-likeness (QED) is 0.674. The van der Waals surface area contributed by atoms with Crippen LogP contribution in [0.1, 0.15) is 29.4 Å². The second-order valence-electron chi connectivity index (χ2n) is 6.58. The zero-order chi connectivity index (χ0) is 21.0. The summed E-state index contributed by atoms with van der Waals surface area (Å²) >= 11 is 7.46. The highest BCUT2D eigenvalue weighted by Crippen LogP contribution is 2.35. The lowest BCUT2D eigenvalue weighted by Gasteiger charge is -2.36. The molecule has 2 heterocycles. The molecule has 29 heavy (non-hydrogen) atoms. The monoisotopic (exact) mass is 440 g/mol.